The zero-order valence-corrected chi connectivity index (χ0v) is 12.7. The number of halogens is 3. The molecule has 0 saturated heterocycles. The number of hydrogen-bond donors (Lipinski definition) is 2. The Morgan fingerprint density at radius 2 is 1.86 bits per heavy atom. The molecule has 0 spiro atoms. The van der Waals surface area contributed by atoms with Gasteiger partial charge in [-0.15, -0.1) is 0 Å². The van der Waals surface area contributed by atoms with Crippen LogP contribution < -0.4 is 15.8 Å². The molecular weight excluding hydrogens is 297 g/mol. The number of benzene rings is 1. The number of nitrogens with two attached hydrogens (primary N) is 1. The van der Waals surface area contributed by atoms with E-state index in [-0.39, 0.29) is 19.1 Å². The van der Waals surface area contributed by atoms with Crippen LogP contribution in [0.1, 0.15) is 32.3 Å². The van der Waals surface area contributed by atoms with Crippen molar-refractivity contribution in [3.05, 3.63) is 29.8 Å². The molecule has 1 unspecified atom stereocenters. The molecule has 1 amide bonds. The summed E-state index contributed by atoms with van der Waals surface area (Å²) in [7, 11) is 0. The van der Waals surface area contributed by atoms with Crippen LogP contribution >= 0.6 is 0 Å². The van der Waals surface area contributed by atoms with Crippen molar-refractivity contribution in [2.45, 2.75) is 38.4 Å². The third-order valence-electron chi connectivity index (χ3n) is 3.13. The number of amides is 1. The molecule has 0 aliphatic rings. The van der Waals surface area contributed by atoms with Crippen LogP contribution in [0.4, 0.5) is 13.2 Å². The van der Waals surface area contributed by atoms with E-state index >= 15 is 0 Å². The Morgan fingerprint density at radius 1 is 1.27 bits per heavy atom. The molecule has 0 aliphatic carbocycles. The summed E-state index contributed by atoms with van der Waals surface area (Å²) in [5.41, 5.74) is 4.20. The molecular formula is C15H21F3N2O2. The van der Waals surface area contributed by atoms with Gasteiger partial charge in [0.2, 0.25) is 5.91 Å². The molecule has 0 aromatic heterocycles. The van der Waals surface area contributed by atoms with Crippen LogP contribution in [0.15, 0.2) is 24.3 Å². The fraction of sp³-hybridized carbons (Fsp3) is 0.533. The summed E-state index contributed by atoms with van der Waals surface area (Å²) in [6.45, 7) is 3.98. The number of nitrogens with one attached hydrogen (secondary N) is 1. The SMILES string of the molecule is CCCC(C)(N)C(=O)NCCOc1ccc(C(F)(F)F)cc1. The Morgan fingerprint density at radius 3 is 2.36 bits per heavy atom. The smallest absolute Gasteiger partial charge is 0.416 e. The Labute approximate surface area is 127 Å². The van der Waals surface area contributed by atoms with Gasteiger partial charge in [-0.25, -0.2) is 0 Å². The fourth-order valence-corrected chi connectivity index (χ4v) is 1.91. The first-order chi connectivity index (χ1) is 10.2. The molecule has 124 valence electrons. The Balaban J connectivity index is 2.38. The second kappa shape index (κ2) is 7.49. The predicted octanol–water partition coefficient (Wildman–Crippen LogP) is 2.72. The number of rotatable bonds is 7. The van der Waals surface area contributed by atoms with Gasteiger partial charge in [-0.2, -0.15) is 13.2 Å². The highest BCUT2D eigenvalue weighted by Gasteiger charge is 2.30. The number of hydrogen-bond acceptors (Lipinski definition) is 3. The van der Waals surface area contributed by atoms with E-state index in [1.165, 1.54) is 12.1 Å². The van der Waals surface area contributed by atoms with Crippen molar-refractivity contribution < 1.29 is 22.7 Å². The summed E-state index contributed by atoms with van der Waals surface area (Å²) in [4.78, 5) is 11.8. The van der Waals surface area contributed by atoms with Gasteiger partial charge in [0.15, 0.2) is 0 Å². The average Bonchev–Trinajstić information content (AvgIpc) is 2.42. The van der Waals surface area contributed by atoms with Crippen LogP contribution in [0.3, 0.4) is 0 Å². The van der Waals surface area contributed by atoms with E-state index in [4.69, 9.17) is 10.5 Å². The maximum Gasteiger partial charge on any atom is 0.416 e. The number of alkyl halides is 3. The molecule has 1 atom stereocenters. The van der Waals surface area contributed by atoms with E-state index in [9.17, 15) is 18.0 Å². The normalized spacial score (nSPS) is 14.3. The molecule has 3 N–H and O–H groups in total. The molecule has 0 radical (unpaired) electrons. The number of carbonyl (C=O) groups excluding carboxylic acids is 1. The van der Waals surface area contributed by atoms with Gasteiger partial charge < -0.3 is 15.8 Å². The van der Waals surface area contributed by atoms with Gasteiger partial charge in [0, 0.05) is 0 Å². The van der Waals surface area contributed by atoms with Crippen LogP contribution in [0.5, 0.6) is 5.75 Å². The van der Waals surface area contributed by atoms with Gasteiger partial charge in [-0.1, -0.05) is 13.3 Å². The molecule has 4 nitrogen and oxygen atoms in total. The monoisotopic (exact) mass is 318 g/mol. The first kappa shape index (κ1) is 18.3. The molecule has 0 saturated carbocycles. The lowest BCUT2D eigenvalue weighted by atomic mass is 9.97. The van der Waals surface area contributed by atoms with Crippen molar-refractivity contribution in [1.29, 1.82) is 0 Å². The third kappa shape index (κ3) is 5.55. The molecule has 1 aromatic carbocycles. The van der Waals surface area contributed by atoms with Crippen molar-refractivity contribution in [2.75, 3.05) is 13.2 Å². The average molecular weight is 318 g/mol. The first-order valence-corrected chi connectivity index (χ1v) is 7.04. The van der Waals surface area contributed by atoms with Crippen molar-refractivity contribution in [3.8, 4) is 5.75 Å². The highest BCUT2D eigenvalue weighted by Crippen LogP contribution is 2.30. The molecule has 0 bridgehead atoms. The zero-order chi connectivity index (χ0) is 16.8. The molecule has 22 heavy (non-hydrogen) atoms. The fourth-order valence-electron chi connectivity index (χ4n) is 1.91. The van der Waals surface area contributed by atoms with Gasteiger partial charge in [0.25, 0.3) is 0 Å². The first-order valence-electron chi connectivity index (χ1n) is 7.04. The minimum absolute atomic E-state index is 0.152. The van der Waals surface area contributed by atoms with Gasteiger partial charge in [0.05, 0.1) is 17.6 Å². The maximum atomic E-state index is 12.4. The van der Waals surface area contributed by atoms with Gasteiger partial charge >= 0.3 is 6.18 Å². The number of ether oxygens (including phenoxy) is 1. The lowest BCUT2D eigenvalue weighted by Gasteiger charge is -2.22. The summed E-state index contributed by atoms with van der Waals surface area (Å²) in [5, 5.41) is 2.64. The van der Waals surface area contributed by atoms with Gasteiger partial charge in [-0.05, 0) is 37.6 Å². The van der Waals surface area contributed by atoms with E-state index in [2.05, 4.69) is 5.32 Å². The summed E-state index contributed by atoms with van der Waals surface area (Å²) in [6, 6.07) is 4.39. The maximum absolute atomic E-state index is 12.4. The standard InChI is InChI=1S/C15H21F3N2O2/c1-3-8-14(2,19)13(21)20-9-10-22-12-6-4-11(5-7-12)15(16,17)18/h4-7H,3,8-10,19H2,1-2H3,(H,20,21). The van der Waals surface area contributed by atoms with Crippen molar-refractivity contribution >= 4 is 5.91 Å². The van der Waals surface area contributed by atoms with E-state index in [1.807, 2.05) is 6.92 Å². The van der Waals surface area contributed by atoms with Crippen molar-refractivity contribution in [2.24, 2.45) is 5.73 Å². The third-order valence-corrected chi connectivity index (χ3v) is 3.13. The van der Waals surface area contributed by atoms with E-state index in [0.29, 0.717) is 12.2 Å². The Bertz CT molecular complexity index is 485. The zero-order valence-electron chi connectivity index (χ0n) is 12.7. The van der Waals surface area contributed by atoms with Gasteiger partial charge in [-0.3, -0.25) is 4.79 Å². The van der Waals surface area contributed by atoms with E-state index < -0.39 is 17.3 Å². The highest BCUT2D eigenvalue weighted by atomic mass is 19.4. The molecule has 1 aromatic rings. The summed E-state index contributed by atoms with van der Waals surface area (Å²) in [6.07, 6.45) is -3.00. The Kier molecular flexibility index (Phi) is 6.22. The van der Waals surface area contributed by atoms with E-state index in [1.54, 1.807) is 6.92 Å². The minimum Gasteiger partial charge on any atom is -0.492 e. The largest absolute Gasteiger partial charge is 0.492 e. The van der Waals surface area contributed by atoms with Crippen LogP contribution in [-0.2, 0) is 11.0 Å². The summed E-state index contributed by atoms with van der Waals surface area (Å²) in [5.74, 6) is 0.0386. The Hall–Kier alpha value is -1.76. The molecule has 1 rings (SSSR count). The topological polar surface area (TPSA) is 64.4 Å². The van der Waals surface area contributed by atoms with Crippen molar-refractivity contribution in [1.82, 2.24) is 5.32 Å². The van der Waals surface area contributed by atoms with Gasteiger partial charge in [0.1, 0.15) is 12.4 Å². The van der Waals surface area contributed by atoms with Crippen molar-refractivity contribution in [3.63, 3.8) is 0 Å². The lowest BCUT2D eigenvalue weighted by Crippen LogP contribution is -2.52. The summed E-state index contributed by atoms with van der Waals surface area (Å²) >= 11 is 0. The predicted molar refractivity (Wildman–Crippen MR) is 77.4 cm³/mol. The second-order valence-corrected chi connectivity index (χ2v) is 5.29. The van der Waals surface area contributed by atoms with E-state index in [0.717, 1.165) is 18.6 Å². The molecule has 0 heterocycles. The van der Waals surface area contributed by atoms with Crippen LogP contribution in [0.25, 0.3) is 0 Å². The summed E-state index contributed by atoms with van der Waals surface area (Å²) < 4.78 is 42.4. The minimum atomic E-state index is -4.36. The second-order valence-electron chi connectivity index (χ2n) is 5.29. The highest BCUT2D eigenvalue weighted by molar-refractivity contribution is 5.85. The molecule has 0 aliphatic heterocycles. The quantitative estimate of drug-likeness (QED) is 0.760. The molecule has 0 fully saturated rings. The van der Waals surface area contributed by atoms with Crippen LogP contribution in [0, 0.1) is 0 Å². The van der Waals surface area contributed by atoms with Crippen LogP contribution in [-0.4, -0.2) is 24.6 Å². The number of carbonyl (C=O) groups is 1. The lowest BCUT2D eigenvalue weighted by molar-refractivity contribution is -0.137. The molecule has 7 heteroatoms. The van der Waals surface area contributed by atoms with Crippen LogP contribution in [0.2, 0.25) is 0 Å².